The maximum atomic E-state index is 10.9. The Kier molecular flexibility index (Phi) is 6.73. The molecular formula is C20H19ClO4. The summed E-state index contributed by atoms with van der Waals surface area (Å²) >= 11 is 5.92. The number of carboxylic acids is 1. The van der Waals surface area contributed by atoms with Crippen molar-refractivity contribution in [2.45, 2.75) is 32.5 Å². The molecule has 2 aromatic rings. The maximum Gasteiger partial charge on any atom is 0.304 e. The molecule has 0 aliphatic carbocycles. The number of aliphatic carboxylic acids is 1. The van der Waals surface area contributed by atoms with Gasteiger partial charge in [-0.2, -0.15) is 0 Å². The van der Waals surface area contributed by atoms with Gasteiger partial charge in [-0.25, -0.2) is 0 Å². The van der Waals surface area contributed by atoms with E-state index in [1.54, 1.807) is 50.2 Å². The minimum absolute atomic E-state index is 0.0324. The predicted octanol–water partition coefficient (Wildman–Crippen LogP) is 4.73. The quantitative estimate of drug-likeness (QED) is 0.574. The molecule has 0 aliphatic heterocycles. The summed E-state index contributed by atoms with van der Waals surface area (Å²) in [7, 11) is 0. The van der Waals surface area contributed by atoms with Gasteiger partial charge in [0.25, 0.3) is 0 Å². The van der Waals surface area contributed by atoms with E-state index in [2.05, 4.69) is 11.8 Å². The Hall–Kier alpha value is -2.64. The van der Waals surface area contributed by atoms with Crippen molar-refractivity contribution < 1.29 is 19.4 Å². The van der Waals surface area contributed by atoms with Crippen LogP contribution in [0.1, 0.15) is 31.7 Å². The summed E-state index contributed by atoms with van der Waals surface area (Å²) in [6.45, 7) is 3.48. The number of hydrogen-bond donors (Lipinski definition) is 1. The van der Waals surface area contributed by atoms with E-state index < -0.39 is 12.3 Å². The average molecular weight is 359 g/mol. The highest BCUT2D eigenvalue weighted by atomic mass is 35.5. The largest absolute Gasteiger partial charge is 0.481 e. The summed E-state index contributed by atoms with van der Waals surface area (Å²) in [4.78, 5) is 10.9. The van der Waals surface area contributed by atoms with Crippen molar-refractivity contribution in [2.75, 3.05) is 0 Å². The highest BCUT2D eigenvalue weighted by molar-refractivity contribution is 6.30. The fourth-order valence-corrected chi connectivity index (χ4v) is 2.51. The van der Waals surface area contributed by atoms with Crippen LogP contribution in [-0.4, -0.2) is 17.4 Å². The standard InChI is InChI=1S/C20H19ClO4/c1-3-5-16(12-20(22)23)15-8-10-18(11-9-15)24-14(2)25-19-7-4-6-17(21)13-19/h4,6-11,13-14,16H,12H2,1-2H3,(H,22,23). The number of rotatable bonds is 7. The van der Waals surface area contributed by atoms with Crippen molar-refractivity contribution in [1.29, 1.82) is 0 Å². The van der Waals surface area contributed by atoms with Gasteiger partial charge in [0.1, 0.15) is 11.5 Å². The Morgan fingerprint density at radius 2 is 1.84 bits per heavy atom. The Morgan fingerprint density at radius 1 is 1.16 bits per heavy atom. The summed E-state index contributed by atoms with van der Waals surface area (Å²) in [5.41, 5.74) is 0.840. The van der Waals surface area contributed by atoms with E-state index in [-0.39, 0.29) is 12.3 Å². The van der Waals surface area contributed by atoms with Crippen LogP contribution in [0, 0.1) is 11.8 Å². The molecule has 1 N–H and O–H groups in total. The Morgan fingerprint density at radius 3 is 2.44 bits per heavy atom. The topological polar surface area (TPSA) is 55.8 Å². The van der Waals surface area contributed by atoms with Crippen LogP contribution in [0.3, 0.4) is 0 Å². The molecule has 0 heterocycles. The van der Waals surface area contributed by atoms with Crippen molar-refractivity contribution >= 4 is 17.6 Å². The van der Waals surface area contributed by atoms with Crippen LogP contribution in [0.4, 0.5) is 0 Å². The molecule has 5 heteroatoms. The van der Waals surface area contributed by atoms with Gasteiger partial charge in [-0.05, 0) is 42.8 Å². The Bertz CT molecular complexity index is 774. The van der Waals surface area contributed by atoms with Gasteiger partial charge in [-0.1, -0.05) is 35.7 Å². The predicted molar refractivity (Wildman–Crippen MR) is 97.1 cm³/mol. The highest BCUT2D eigenvalue weighted by Crippen LogP contribution is 2.24. The van der Waals surface area contributed by atoms with Crippen LogP contribution < -0.4 is 9.47 Å². The molecule has 0 bridgehead atoms. The van der Waals surface area contributed by atoms with Crippen molar-refractivity contribution in [2.24, 2.45) is 0 Å². The van der Waals surface area contributed by atoms with Crippen LogP contribution in [0.15, 0.2) is 48.5 Å². The zero-order valence-electron chi connectivity index (χ0n) is 14.0. The fraction of sp³-hybridized carbons (Fsp3) is 0.250. The van der Waals surface area contributed by atoms with E-state index in [1.165, 1.54) is 0 Å². The molecule has 0 spiro atoms. The van der Waals surface area contributed by atoms with Crippen molar-refractivity contribution in [1.82, 2.24) is 0 Å². The molecule has 0 saturated heterocycles. The summed E-state index contributed by atoms with van der Waals surface area (Å²) < 4.78 is 11.4. The molecule has 2 rings (SSSR count). The van der Waals surface area contributed by atoms with Crippen LogP contribution in [-0.2, 0) is 4.79 Å². The minimum atomic E-state index is -0.878. The number of carboxylic acid groups (broad SMARTS) is 1. The molecule has 2 atom stereocenters. The van der Waals surface area contributed by atoms with Crippen LogP contribution in [0.25, 0.3) is 0 Å². The summed E-state index contributed by atoms with van der Waals surface area (Å²) in [5, 5.41) is 9.58. The molecule has 2 aromatic carbocycles. The summed E-state index contributed by atoms with van der Waals surface area (Å²) in [6, 6.07) is 14.3. The van der Waals surface area contributed by atoms with Gasteiger partial charge in [0.05, 0.1) is 12.3 Å². The first-order valence-electron chi connectivity index (χ1n) is 7.81. The number of ether oxygens (including phenoxy) is 2. The van der Waals surface area contributed by atoms with E-state index in [0.717, 1.165) is 5.56 Å². The van der Waals surface area contributed by atoms with E-state index in [9.17, 15) is 4.79 Å². The molecule has 0 saturated carbocycles. The third-order valence-corrected chi connectivity index (χ3v) is 3.62. The van der Waals surface area contributed by atoms with E-state index in [0.29, 0.717) is 16.5 Å². The molecule has 2 unspecified atom stereocenters. The third-order valence-electron chi connectivity index (χ3n) is 3.38. The summed E-state index contributed by atoms with van der Waals surface area (Å²) in [6.07, 6.45) is -0.537. The minimum Gasteiger partial charge on any atom is -0.481 e. The normalized spacial score (nSPS) is 12.4. The molecule has 0 amide bonds. The number of benzene rings is 2. The molecule has 0 radical (unpaired) electrons. The first-order chi connectivity index (χ1) is 12.0. The number of halogens is 1. The van der Waals surface area contributed by atoms with Crippen molar-refractivity contribution in [3.05, 3.63) is 59.1 Å². The Labute approximate surface area is 152 Å². The van der Waals surface area contributed by atoms with Crippen molar-refractivity contribution in [3.8, 4) is 23.3 Å². The number of carbonyl (C=O) groups is 1. The lowest BCUT2D eigenvalue weighted by molar-refractivity contribution is -0.137. The Balaban J connectivity index is 2.01. The maximum absolute atomic E-state index is 10.9. The second-order valence-electron chi connectivity index (χ2n) is 5.37. The number of hydrogen-bond acceptors (Lipinski definition) is 3. The second-order valence-corrected chi connectivity index (χ2v) is 5.81. The van der Waals surface area contributed by atoms with Gasteiger partial charge in [0.2, 0.25) is 6.29 Å². The lowest BCUT2D eigenvalue weighted by Gasteiger charge is -2.17. The highest BCUT2D eigenvalue weighted by Gasteiger charge is 2.13. The lowest BCUT2D eigenvalue weighted by atomic mass is 9.96. The van der Waals surface area contributed by atoms with Gasteiger partial charge in [-0.15, -0.1) is 5.92 Å². The van der Waals surface area contributed by atoms with Gasteiger partial charge in [0.15, 0.2) is 0 Å². The summed E-state index contributed by atoms with van der Waals surface area (Å²) in [5.74, 6) is 5.72. The van der Waals surface area contributed by atoms with Gasteiger partial charge >= 0.3 is 5.97 Å². The zero-order valence-corrected chi connectivity index (χ0v) is 14.8. The molecule has 4 nitrogen and oxygen atoms in total. The van der Waals surface area contributed by atoms with Gasteiger partial charge in [-0.3, -0.25) is 4.79 Å². The molecular weight excluding hydrogens is 340 g/mol. The molecule has 0 aliphatic rings. The first kappa shape index (κ1) is 18.7. The van der Waals surface area contributed by atoms with Crippen LogP contribution >= 0.6 is 11.6 Å². The van der Waals surface area contributed by atoms with Crippen molar-refractivity contribution in [3.63, 3.8) is 0 Å². The first-order valence-corrected chi connectivity index (χ1v) is 8.18. The smallest absolute Gasteiger partial charge is 0.304 e. The van der Waals surface area contributed by atoms with Crippen LogP contribution in [0.5, 0.6) is 11.5 Å². The molecule has 0 fully saturated rings. The monoisotopic (exact) mass is 358 g/mol. The van der Waals surface area contributed by atoms with Gasteiger partial charge < -0.3 is 14.6 Å². The van der Waals surface area contributed by atoms with E-state index in [4.69, 9.17) is 26.2 Å². The zero-order chi connectivity index (χ0) is 18.2. The van der Waals surface area contributed by atoms with Crippen LogP contribution in [0.2, 0.25) is 5.02 Å². The molecule has 0 aromatic heterocycles. The fourth-order valence-electron chi connectivity index (χ4n) is 2.33. The van der Waals surface area contributed by atoms with E-state index >= 15 is 0 Å². The molecule has 130 valence electrons. The van der Waals surface area contributed by atoms with Gasteiger partial charge in [0, 0.05) is 11.9 Å². The lowest BCUT2D eigenvalue weighted by Crippen LogP contribution is -2.19. The van der Waals surface area contributed by atoms with E-state index in [1.807, 2.05) is 12.1 Å². The SMILES string of the molecule is CC#CC(CC(=O)O)c1ccc(OC(C)Oc2cccc(Cl)c2)cc1. The third kappa shape index (κ3) is 6.06. The molecule has 25 heavy (non-hydrogen) atoms. The average Bonchev–Trinajstić information content (AvgIpc) is 2.54. The second kappa shape index (κ2) is 9.00.